The van der Waals surface area contributed by atoms with Crippen LogP contribution in [0.25, 0.3) is 0 Å². The van der Waals surface area contributed by atoms with Gasteiger partial charge in [-0.15, -0.1) is 0 Å². The van der Waals surface area contributed by atoms with Crippen molar-refractivity contribution in [3.63, 3.8) is 0 Å². The second-order valence-electron chi connectivity index (χ2n) is 4.17. The normalized spacial score (nSPS) is 12.9. The van der Waals surface area contributed by atoms with Gasteiger partial charge in [-0.25, -0.2) is 0 Å². The molecule has 0 aliphatic rings. The van der Waals surface area contributed by atoms with Crippen LogP contribution in [-0.2, 0) is 4.74 Å². The maximum absolute atomic E-state index is 5.82. The summed E-state index contributed by atoms with van der Waals surface area (Å²) in [6.07, 6.45) is 0. The van der Waals surface area contributed by atoms with Crippen LogP contribution in [0.3, 0.4) is 0 Å². The first-order chi connectivity index (χ1) is 8.19. The molecule has 96 valence electrons. The Kier molecular flexibility index (Phi) is 6.01. The quantitative estimate of drug-likeness (QED) is 0.584. The highest BCUT2D eigenvalue weighted by molar-refractivity contribution is 5.41. The maximum Gasteiger partial charge on any atom is 0.0593 e. The van der Waals surface area contributed by atoms with Gasteiger partial charge in [0.2, 0.25) is 0 Å². The molecule has 3 heteroatoms. The highest BCUT2D eigenvalue weighted by Crippen LogP contribution is 2.21. The summed E-state index contributed by atoms with van der Waals surface area (Å²) < 4.78 is 5.41. The minimum Gasteiger partial charge on any atom is -0.399 e. The van der Waals surface area contributed by atoms with E-state index in [2.05, 4.69) is 24.8 Å². The number of benzene rings is 1. The number of ether oxygens (including phenoxy) is 1. The molecule has 0 saturated heterocycles. The van der Waals surface area contributed by atoms with Crippen LogP contribution in [0, 0.1) is 0 Å². The van der Waals surface area contributed by atoms with Gasteiger partial charge < -0.3 is 10.5 Å². The third-order valence-electron chi connectivity index (χ3n) is 3.07. The predicted octanol–water partition coefficient (Wildman–Crippen LogP) is 2.69. The van der Waals surface area contributed by atoms with Crippen LogP contribution >= 0.6 is 0 Å². The molecule has 0 saturated carbocycles. The molecule has 1 atom stereocenters. The minimum absolute atomic E-state index is 0.379. The van der Waals surface area contributed by atoms with Crippen LogP contribution in [0.2, 0.25) is 0 Å². The van der Waals surface area contributed by atoms with Crippen molar-refractivity contribution < 1.29 is 4.74 Å². The molecule has 0 aromatic heterocycles. The molecule has 0 heterocycles. The molecular formula is C14H24N2O. The van der Waals surface area contributed by atoms with Gasteiger partial charge in [0.25, 0.3) is 0 Å². The third-order valence-corrected chi connectivity index (χ3v) is 3.07. The van der Waals surface area contributed by atoms with Crippen molar-refractivity contribution >= 4 is 5.69 Å². The Bertz CT molecular complexity index is 328. The Morgan fingerprint density at radius 3 is 2.71 bits per heavy atom. The minimum atomic E-state index is 0.379. The Morgan fingerprint density at radius 2 is 2.12 bits per heavy atom. The number of nitrogens with two attached hydrogens (primary N) is 1. The molecule has 1 aromatic carbocycles. The third kappa shape index (κ3) is 4.36. The first kappa shape index (κ1) is 14.0. The fourth-order valence-corrected chi connectivity index (χ4v) is 1.98. The Balaban J connectivity index is 2.61. The molecular weight excluding hydrogens is 212 g/mol. The van der Waals surface area contributed by atoms with Gasteiger partial charge in [-0.1, -0.05) is 19.1 Å². The van der Waals surface area contributed by atoms with E-state index in [0.29, 0.717) is 6.04 Å². The number of anilines is 1. The second-order valence-corrected chi connectivity index (χ2v) is 4.17. The number of hydrogen-bond acceptors (Lipinski definition) is 3. The fourth-order valence-electron chi connectivity index (χ4n) is 1.98. The topological polar surface area (TPSA) is 38.5 Å². The average Bonchev–Trinajstić information content (AvgIpc) is 2.34. The highest BCUT2D eigenvalue weighted by atomic mass is 16.5. The van der Waals surface area contributed by atoms with Gasteiger partial charge in [0.1, 0.15) is 0 Å². The van der Waals surface area contributed by atoms with Gasteiger partial charge in [-0.2, -0.15) is 0 Å². The number of rotatable bonds is 7. The average molecular weight is 236 g/mol. The van der Waals surface area contributed by atoms with E-state index in [1.165, 1.54) is 5.56 Å². The number of likely N-dealkylation sites (N-methyl/N-ethyl adjacent to an activating group) is 1. The van der Waals surface area contributed by atoms with Crippen molar-refractivity contribution in [1.82, 2.24) is 4.90 Å². The summed E-state index contributed by atoms with van der Waals surface area (Å²) in [5, 5.41) is 0. The van der Waals surface area contributed by atoms with Crippen molar-refractivity contribution in [3.05, 3.63) is 29.8 Å². The van der Waals surface area contributed by atoms with Crippen LogP contribution < -0.4 is 5.73 Å². The zero-order chi connectivity index (χ0) is 12.7. The fraction of sp³-hybridized carbons (Fsp3) is 0.571. The summed E-state index contributed by atoms with van der Waals surface area (Å²) in [4.78, 5) is 2.39. The highest BCUT2D eigenvalue weighted by Gasteiger charge is 2.13. The van der Waals surface area contributed by atoms with Gasteiger partial charge in [0.05, 0.1) is 6.61 Å². The molecule has 0 fully saturated rings. The van der Waals surface area contributed by atoms with Crippen LogP contribution in [0.1, 0.15) is 32.4 Å². The van der Waals surface area contributed by atoms with E-state index in [-0.39, 0.29) is 0 Å². The Morgan fingerprint density at radius 1 is 1.35 bits per heavy atom. The SMILES string of the molecule is CCOCCN(CC)C(C)c1cccc(N)c1. The largest absolute Gasteiger partial charge is 0.399 e. The van der Waals surface area contributed by atoms with E-state index in [1.807, 2.05) is 25.1 Å². The van der Waals surface area contributed by atoms with Crippen LogP contribution in [0.15, 0.2) is 24.3 Å². The molecule has 0 aliphatic carbocycles. The molecule has 1 rings (SSSR count). The number of nitrogens with zero attached hydrogens (tertiary/aromatic N) is 1. The van der Waals surface area contributed by atoms with E-state index in [0.717, 1.165) is 32.0 Å². The molecule has 0 spiro atoms. The molecule has 3 nitrogen and oxygen atoms in total. The standard InChI is InChI=1S/C14H24N2O/c1-4-16(9-10-17-5-2)12(3)13-7-6-8-14(15)11-13/h6-8,11-12H,4-5,9-10,15H2,1-3H3. The van der Waals surface area contributed by atoms with Gasteiger partial charge in [-0.3, -0.25) is 4.90 Å². The Labute approximate surface area is 105 Å². The van der Waals surface area contributed by atoms with Crippen molar-refractivity contribution in [2.45, 2.75) is 26.8 Å². The van der Waals surface area contributed by atoms with Gasteiger partial charge in [0, 0.05) is 24.9 Å². The molecule has 1 unspecified atom stereocenters. The molecule has 1 aromatic rings. The lowest BCUT2D eigenvalue weighted by molar-refractivity contribution is 0.100. The summed E-state index contributed by atoms with van der Waals surface area (Å²) in [5.41, 5.74) is 7.91. The predicted molar refractivity (Wildman–Crippen MR) is 73.0 cm³/mol. The zero-order valence-corrected chi connectivity index (χ0v) is 11.1. The summed E-state index contributed by atoms with van der Waals surface area (Å²) in [6.45, 7) is 9.96. The van der Waals surface area contributed by atoms with E-state index in [1.54, 1.807) is 0 Å². The molecule has 0 bridgehead atoms. The first-order valence-corrected chi connectivity index (χ1v) is 6.36. The van der Waals surface area contributed by atoms with E-state index in [9.17, 15) is 0 Å². The monoisotopic (exact) mass is 236 g/mol. The van der Waals surface area contributed by atoms with Crippen LogP contribution in [0.5, 0.6) is 0 Å². The van der Waals surface area contributed by atoms with E-state index in [4.69, 9.17) is 10.5 Å². The van der Waals surface area contributed by atoms with Gasteiger partial charge in [0.15, 0.2) is 0 Å². The van der Waals surface area contributed by atoms with Crippen molar-refractivity contribution in [2.24, 2.45) is 0 Å². The lowest BCUT2D eigenvalue weighted by atomic mass is 10.1. The smallest absolute Gasteiger partial charge is 0.0593 e. The van der Waals surface area contributed by atoms with E-state index < -0.39 is 0 Å². The van der Waals surface area contributed by atoms with Crippen LogP contribution in [-0.4, -0.2) is 31.2 Å². The molecule has 17 heavy (non-hydrogen) atoms. The summed E-state index contributed by atoms with van der Waals surface area (Å²) >= 11 is 0. The molecule has 2 N–H and O–H groups in total. The zero-order valence-electron chi connectivity index (χ0n) is 11.1. The summed E-state index contributed by atoms with van der Waals surface area (Å²) in [6, 6.07) is 8.49. The molecule has 0 amide bonds. The first-order valence-electron chi connectivity index (χ1n) is 6.36. The molecule has 0 aliphatic heterocycles. The summed E-state index contributed by atoms with van der Waals surface area (Å²) in [5.74, 6) is 0. The second kappa shape index (κ2) is 7.30. The lowest BCUT2D eigenvalue weighted by Gasteiger charge is -2.28. The van der Waals surface area contributed by atoms with Gasteiger partial charge >= 0.3 is 0 Å². The number of hydrogen-bond donors (Lipinski definition) is 1. The lowest BCUT2D eigenvalue weighted by Crippen LogP contribution is -2.30. The van der Waals surface area contributed by atoms with E-state index >= 15 is 0 Å². The van der Waals surface area contributed by atoms with Crippen molar-refractivity contribution in [2.75, 3.05) is 32.0 Å². The van der Waals surface area contributed by atoms with Crippen molar-refractivity contribution in [3.8, 4) is 0 Å². The number of nitrogen functional groups attached to an aromatic ring is 1. The molecule has 0 radical (unpaired) electrons. The Hall–Kier alpha value is -1.06. The van der Waals surface area contributed by atoms with Crippen LogP contribution in [0.4, 0.5) is 5.69 Å². The van der Waals surface area contributed by atoms with Crippen molar-refractivity contribution in [1.29, 1.82) is 0 Å². The maximum atomic E-state index is 5.82. The summed E-state index contributed by atoms with van der Waals surface area (Å²) in [7, 11) is 0. The van der Waals surface area contributed by atoms with Gasteiger partial charge in [-0.05, 0) is 38.1 Å².